The molecule has 0 rings (SSSR count). The van der Waals surface area contributed by atoms with Crippen molar-refractivity contribution in [3.63, 3.8) is 0 Å². The van der Waals surface area contributed by atoms with Crippen LogP contribution in [0.2, 0.25) is 0 Å². The van der Waals surface area contributed by atoms with E-state index in [-0.39, 0.29) is 5.96 Å². The maximum absolute atomic E-state index is 10.2. The molecule has 0 aromatic rings. The summed E-state index contributed by atoms with van der Waals surface area (Å²) in [5.74, 6) is -1.31. The molecule has 0 spiro atoms. The van der Waals surface area contributed by atoms with E-state index in [1.807, 2.05) is 12.5 Å². The zero-order valence-corrected chi connectivity index (χ0v) is 19.0. The molecule has 0 aliphatic carbocycles. The Morgan fingerprint density at radius 1 is 0.833 bits per heavy atom. The van der Waals surface area contributed by atoms with Crippen LogP contribution in [0.5, 0.6) is 0 Å². The van der Waals surface area contributed by atoms with Gasteiger partial charge in [0.1, 0.15) is 18.1 Å². The van der Waals surface area contributed by atoms with Crippen molar-refractivity contribution in [3.8, 4) is 0 Å². The minimum absolute atomic E-state index is 0.112. The minimum Gasteiger partial charge on any atom is -0.480 e. The fraction of sp³-hybridized carbons (Fsp3) is 0.750. The monoisotopic (exact) mass is 472 g/mol. The van der Waals surface area contributed by atoms with Gasteiger partial charge in [-0.1, -0.05) is 0 Å². The third kappa shape index (κ3) is 26.3. The lowest BCUT2D eigenvalue weighted by Gasteiger charge is -2.06. The van der Waals surface area contributed by atoms with Crippen molar-refractivity contribution >= 4 is 47.4 Å². The molecule has 0 radical (unpaired) electrons. The van der Waals surface area contributed by atoms with Crippen LogP contribution in [0.15, 0.2) is 0 Å². The number of carbonyl (C=O) groups is 3. The van der Waals surface area contributed by atoms with Gasteiger partial charge in [-0.15, -0.1) is 0 Å². The van der Waals surface area contributed by atoms with E-state index in [0.717, 1.165) is 11.5 Å². The highest BCUT2D eigenvalue weighted by Crippen LogP contribution is 1.98. The molecule has 178 valence electrons. The van der Waals surface area contributed by atoms with Crippen LogP contribution in [-0.2, 0) is 14.4 Å². The van der Waals surface area contributed by atoms with Gasteiger partial charge in [-0.2, -0.15) is 23.5 Å². The first-order chi connectivity index (χ1) is 13.9. The van der Waals surface area contributed by atoms with Crippen molar-refractivity contribution in [1.82, 2.24) is 5.32 Å². The van der Waals surface area contributed by atoms with Crippen molar-refractivity contribution in [2.24, 2.45) is 22.9 Å². The average molecular weight is 473 g/mol. The average Bonchev–Trinajstić information content (AvgIpc) is 2.67. The molecule has 0 bridgehead atoms. The Morgan fingerprint density at radius 3 is 1.43 bits per heavy atom. The van der Waals surface area contributed by atoms with Crippen molar-refractivity contribution in [3.05, 3.63) is 0 Å². The maximum Gasteiger partial charge on any atom is 0.320 e. The number of nitrogens with one attached hydrogen (secondary N) is 2. The number of carboxylic acid groups (broad SMARTS) is 3. The predicted octanol–water partition coefficient (Wildman–Crippen LogP) is -1.04. The molecule has 3 atom stereocenters. The molecule has 0 saturated heterocycles. The van der Waals surface area contributed by atoms with E-state index >= 15 is 0 Å². The topological polar surface area (TPSA) is 252 Å². The van der Waals surface area contributed by atoms with Gasteiger partial charge in [0.25, 0.3) is 0 Å². The fourth-order valence-corrected chi connectivity index (χ4v) is 2.38. The molecule has 0 aromatic heterocycles. The number of thioether (sulfide) groups is 2. The van der Waals surface area contributed by atoms with Gasteiger partial charge in [0.15, 0.2) is 5.96 Å². The third-order valence-corrected chi connectivity index (χ3v) is 4.51. The molecule has 12 nitrogen and oxygen atoms in total. The summed E-state index contributed by atoms with van der Waals surface area (Å²) >= 11 is 3.21. The van der Waals surface area contributed by atoms with Gasteiger partial charge >= 0.3 is 17.9 Å². The summed E-state index contributed by atoms with van der Waals surface area (Å²) in [6.45, 7) is 0.482. The van der Waals surface area contributed by atoms with E-state index in [1.165, 1.54) is 0 Å². The Hall–Kier alpha value is -1.74. The van der Waals surface area contributed by atoms with Gasteiger partial charge in [-0.3, -0.25) is 19.8 Å². The Balaban J connectivity index is -0.000000371. The highest BCUT2D eigenvalue weighted by molar-refractivity contribution is 7.98. The molecule has 30 heavy (non-hydrogen) atoms. The molecule has 14 heteroatoms. The van der Waals surface area contributed by atoms with Crippen LogP contribution >= 0.6 is 23.5 Å². The second kappa shape index (κ2) is 22.0. The number of aliphatic carboxylic acids is 3. The molecule has 0 unspecified atom stereocenters. The summed E-state index contributed by atoms with van der Waals surface area (Å²) in [7, 11) is 0. The summed E-state index contributed by atoms with van der Waals surface area (Å²) in [5.41, 5.74) is 20.6. The summed E-state index contributed by atoms with van der Waals surface area (Å²) in [5, 5.41) is 34.3. The number of guanidine groups is 1. The molecule has 13 N–H and O–H groups in total. The van der Waals surface area contributed by atoms with Crippen molar-refractivity contribution in [2.45, 2.75) is 43.8 Å². The van der Waals surface area contributed by atoms with E-state index in [4.69, 9.17) is 43.7 Å². The van der Waals surface area contributed by atoms with Crippen molar-refractivity contribution in [2.75, 3.05) is 30.6 Å². The van der Waals surface area contributed by atoms with Gasteiger partial charge in [0.05, 0.1) is 0 Å². The fourth-order valence-electron chi connectivity index (χ4n) is 1.41. The lowest BCUT2D eigenvalue weighted by Crippen LogP contribution is -2.34. The zero-order valence-electron chi connectivity index (χ0n) is 17.4. The summed E-state index contributed by atoms with van der Waals surface area (Å²) in [6.07, 6.45) is 5.93. The Kier molecular flexibility index (Phi) is 24.1. The van der Waals surface area contributed by atoms with Crippen LogP contribution < -0.4 is 28.3 Å². The maximum atomic E-state index is 10.2. The van der Waals surface area contributed by atoms with Crippen LogP contribution in [0, 0.1) is 5.41 Å². The Labute approximate surface area is 185 Å². The Bertz CT molecular complexity index is 477. The van der Waals surface area contributed by atoms with Gasteiger partial charge < -0.3 is 43.6 Å². The first-order valence-electron chi connectivity index (χ1n) is 8.91. The second-order valence-electron chi connectivity index (χ2n) is 5.88. The van der Waals surface area contributed by atoms with Crippen LogP contribution in [0.25, 0.3) is 0 Å². The normalized spacial score (nSPS) is 12.7. The summed E-state index contributed by atoms with van der Waals surface area (Å²) in [6, 6.07) is -2.19. The van der Waals surface area contributed by atoms with Crippen molar-refractivity contribution in [1.29, 1.82) is 5.41 Å². The molecule has 0 amide bonds. The largest absolute Gasteiger partial charge is 0.480 e. The van der Waals surface area contributed by atoms with Crippen LogP contribution in [0.4, 0.5) is 0 Å². The highest BCUT2D eigenvalue weighted by Gasteiger charge is 2.10. The minimum atomic E-state index is -1.00. The lowest BCUT2D eigenvalue weighted by atomic mass is 10.2. The number of carboxylic acids is 3. The van der Waals surface area contributed by atoms with Crippen LogP contribution in [-0.4, -0.2) is 87.9 Å². The molecule has 0 fully saturated rings. The van der Waals surface area contributed by atoms with Crippen LogP contribution in [0.3, 0.4) is 0 Å². The Morgan fingerprint density at radius 2 is 1.17 bits per heavy atom. The van der Waals surface area contributed by atoms with Crippen molar-refractivity contribution < 1.29 is 29.7 Å². The quantitative estimate of drug-likeness (QED) is 0.0883. The molecule has 0 saturated carbocycles. The SMILES string of the molecule is CSCC[C@H](N)C(=O)O.CSCC[C@H](N)C(=O)O.N=C(N)NCCC[C@H](N)C(=O)O. The number of rotatable bonds is 13. The van der Waals surface area contributed by atoms with E-state index in [9.17, 15) is 14.4 Å². The lowest BCUT2D eigenvalue weighted by molar-refractivity contribution is -0.139. The first kappa shape index (κ1) is 32.9. The molecule has 0 aliphatic rings. The van der Waals surface area contributed by atoms with Gasteiger partial charge in [-0.05, 0) is 49.7 Å². The third-order valence-electron chi connectivity index (χ3n) is 3.22. The predicted molar refractivity (Wildman–Crippen MR) is 122 cm³/mol. The van der Waals surface area contributed by atoms with Crippen LogP contribution in [0.1, 0.15) is 25.7 Å². The molecule has 0 aliphatic heterocycles. The highest BCUT2D eigenvalue weighted by atomic mass is 32.2. The molecule has 0 heterocycles. The van der Waals surface area contributed by atoms with Gasteiger partial charge in [-0.25, -0.2) is 0 Å². The van der Waals surface area contributed by atoms with E-state index < -0.39 is 36.0 Å². The molecule has 0 aromatic carbocycles. The standard InChI is InChI=1S/C6H14N4O2.2C5H11NO2S/c7-4(5(11)12)2-1-3-10-6(8)9;2*1-9-3-2-4(6)5(7)8/h4H,1-3,7H2,(H,11,12)(H4,8,9,10);2*4H,2-3,6H2,1H3,(H,7,8)/t3*4-/m000/s1. The zero-order chi connectivity index (χ0) is 24.1. The van der Waals surface area contributed by atoms with E-state index in [0.29, 0.717) is 32.2 Å². The first-order valence-corrected chi connectivity index (χ1v) is 11.7. The van der Waals surface area contributed by atoms with E-state index in [1.54, 1.807) is 23.5 Å². The number of hydrogen-bond acceptors (Lipinski definition) is 9. The summed E-state index contributed by atoms with van der Waals surface area (Å²) in [4.78, 5) is 30.4. The molecular weight excluding hydrogens is 436 g/mol. The number of nitrogens with two attached hydrogens (primary N) is 4. The molecular formula is C16H36N6O6S2. The number of hydrogen-bond donors (Lipinski definition) is 9. The smallest absolute Gasteiger partial charge is 0.320 e. The second-order valence-corrected chi connectivity index (χ2v) is 7.85. The summed E-state index contributed by atoms with van der Waals surface area (Å²) < 4.78 is 0. The van der Waals surface area contributed by atoms with E-state index in [2.05, 4.69) is 5.32 Å². The van der Waals surface area contributed by atoms with Gasteiger partial charge in [0, 0.05) is 6.54 Å². The van der Waals surface area contributed by atoms with Gasteiger partial charge in [0.2, 0.25) is 0 Å².